The summed E-state index contributed by atoms with van der Waals surface area (Å²) in [7, 11) is 3.30. The molecule has 3 aromatic heterocycles. The Bertz CT molecular complexity index is 1170. The van der Waals surface area contributed by atoms with Gasteiger partial charge in [-0.1, -0.05) is 0 Å². The number of methoxy groups -OCH3 is 2. The molecule has 0 amide bonds. The standard InChI is InChI=1S/C20H20N4O3S/c1-26-11-3-9-21-15-8-10-22-19-16(15)17-18(28-19)20(25)24(12-23-17)13-4-6-14(27-2)7-5-13/h4-8,10,12H,3,9,11H2,1-2H3,(H,21,22). The largest absolute Gasteiger partial charge is 0.497 e. The van der Waals surface area contributed by atoms with Crippen LogP contribution in [0.5, 0.6) is 5.75 Å². The van der Waals surface area contributed by atoms with Gasteiger partial charge in [-0.05, 0) is 36.8 Å². The highest BCUT2D eigenvalue weighted by Gasteiger charge is 2.16. The number of thiophene rings is 1. The Kier molecular flexibility index (Phi) is 5.23. The summed E-state index contributed by atoms with van der Waals surface area (Å²) in [5, 5.41) is 4.29. The van der Waals surface area contributed by atoms with Gasteiger partial charge >= 0.3 is 0 Å². The Morgan fingerprint density at radius 1 is 1.14 bits per heavy atom. The molecule has 0 saturated heterocycles. The number of nitrogens with one attached hydrogen (secondary N) is 1. The monoisotopic (exact) mass is 396 g/mol. The topological polar surface area (TPSA) is 78.3 Å². The average molecular weight is 396 g/mol. The summed E-state index contributed by atoms with van der Waals surface area (Å²) in [4.78, 5) is 22.9. The van der Waals surface area contributed by atoms with Crippen molar-refractivity contribution in [1.29, 1.82) is 0 Å². The van der Waals surface area contributed by atoms with E-state index in [1.165, 1.54) is 11.3 Å². The maximum Gasteiger partial charge on any atom is 0.275 e. The van der Waals surface area contributed by atoms with Gasteiger partial charge in [-0.25, -0.2) is 9.97 Å². The first-order valence-electron chi connectivity index (χ1n) is 8.89. The maximum absolute atomic E-state index is 13.1. The second-order valence-corrected chi connectivity index (χ2v) is 7.21. The van der Waals surface area contributed by atoms with Crippen LogP contribution in [0.25, 0.3) is 26.1 Å². The highest BCUT2D eigenvalue weighted by molar-refractivity contribution is 7.25. The molecule has 144 valence electrons. The van der Waals surface area contributed by atoms with Crippen LogP contribution in [0.1, 0.15) is 6.42 Å². The van der Waals surface area contributed by atoms with Crippen LogP contribution in [0.3, 0.4) is 0 Å². The molecule has 0 aliphatic carbocycles. The lowest BCUT2D eigenvalue weighted by molar-refractivity contribution is 0.198. The Hall–Kier alpha value is -2.97. The number of nitrogens with zero attached hydrogens (tertiary/aromatic N) is 3. The van der Waals surface area contributed by atoms with Crippen LogP contribution in [0.4, 0.5) is 5.69 Å². The van der Waals surface area contributed by atoms with Gasteiger partial charge in [0.05, 0.1) is 23.7 Å². The second-order valence-electron chi connectivity index (χ2n) is 6.21. The molecule has 0 saturated carbocycles. The summed E-state index contributed by atoms with van der Waals surface area (Å²) in [6.45, 7) is 1.46. The van der Waals surface area contributed by atoms with Crippen LogP contribution >= 0.6 is 11.3 Å². The van der Waals surface area contributed by atoms with Crippen LogP contribution in [-0.2, 0) is 4.74 Å². The summed E-state index contributed by atoms with van der Waals surface area (Å²) < 4.78 is 12.4. The van der Waals surface area contributed by atoms with Crippen molar-refractivity contribution in [3.63, 3.8) is 0 Å². The molecule has 3 heterocycles. The third-order valence-corrected chi connectivity index (χ3v) is 5.55. The van der Waals surface area contributed by atoms with Gasteiger partial charge in [0.15, 0.2) is 0 Å². The summed E-state index contributed by atoms with van der Waals surface area (Å²) in [5.74, 6) is 0.737. The van der Waals surface area contributed by atoms with Crippen molar-refractivity contribution in [3.05, 3.63) is 53.2 Å². The first kappa shape index (κ1) is 18.4. The van der Waals surface area contributed by atoms with Crippen molar-refractivity contribution in [1.82, 2.24) is 14.5 Å². The number of hydrogen-bond donors (Lipinski definition) is 1. The summed E-state index contributed by atoms with van der Waals surface area (Å²) >= 11 is 1.37. The highest BCUT2D eigenvalue weighted by Crippen LogP contribution is 2.34. The van der Waals surface area contributed by atoms with E-state index in [9.17, 15) is 4.79 Å². The SMILES string of the molecule is COCCCNc1ccnc2sc3c(=O)n(-c4ccc(OC)cc4)cnc3c12. The van der Waals surface area contributed by atoms with Gasteiger partial charge in [0.1, 0.15) is 21.6 Å². The van der Waals surface area contributed by atoms with Crippen molar-refractivity contribution < 1.29 is 9.47 Å². The lowest BCUT2D eigenvalue weighted by Gasteiger charge is -2.08. The minimum atomic E-state index is -0.108. The molecule has 0 radical (unpaired) electrons. The number of ether oxygens (including phenoxy) is 2. The van der Waals surface area contributed by atoms with E-state index in [-0.39, 0.29) is 5.56 Å². The minimum Gasteiger partial charge on any atom is -0.497 e. The number of aromatic nitrogens is 3. The zero-order chi connectivity index (χ0) is 19.5. The van der Waals surface area contributed by atoms with Crippen molar-refractivity contribution in [3.8, 4) is 11.4 Å². The Morgan fingerprint density at radius 3 is 2.71 bits per heavy atom. The summed E-state index contributed by atoms with van der Waals surface area (Å²) in [6.07, 6.45) is 4.21. The Balaban J connectivity index is 1.78. The number of fused-ring (bicyclic) bond motifs is 3. The molecule has 0 aliphatic rings. The Morgan fingerprint density at radius 2 is 1.96 bits per heavy atom. The van der Waals surface area contributed by atoms with Crippen LogP contribution in [0.15, 0.2) is 47.7 Å². The molecule has 0 fully saturated rings. The molecule has 28 heavy (non-hydrogen) atoms. The van der Waals surface area contributed by atoms with Crippen molar-refractivity contribution in [2.24, 2.45) is 0 Å². The van der Waals surface area contributed by atoms with E-state index in [0.29, 0.717) is 16.8 Å². The van der Waals surface area contributed by atoms with Crippen LogP contribution < -0.4 is 15.6 Å². The molecule has 1 aromatic carbocycles. The number of anilines is 1. The fourth-order valence-corrected chi connectivity index (χ4v) is 4.12. The molecule has 0 bridgehead atoms. The summed E-state index contributed by atoms with van der Waals surface area (Å²) in [6, 6.07) is 9.23. The molecule has 8 heteroatoms. The quantitative estimate of drug-likeness (QED) is 0.482. The normalized spacial score (nSPS) is 11.2. The van der Waals surface area contributed by atoms with Gasteiger partial charge in [0, 0.05) is 32.1 Å². The van der Waals surface area contributed by atoms with E-state index < -0.39 is 0 Å². The lowest BCUT2D eigenvalue weighted by atomic mass is 10.2. The van der Waals surface area contributed by atoms with Gasteiger partial charge in [0.25, 0.3) is 5.56 Å². The van der Waals surface area contributed by atoms with E-state index in [1.807, 2.05) is 30.3 Å². The van der Waals surface area contributed by atoms with Gasteiger partial charge in [-0.15, -0.1) is 11.3 Å². The predicted molar refractivity (Wildman–Crippen MR) is 112 cm³/mol. The number of rotatable bonds is 7. The molecule has 0 spiro atoms. The fourth-order valence-electron chi connectivity index (χ4n) is 3.07. The van der Waals surface area contributed by atoms with E-state index in [2.05, 4.69) is 15.3 Å². The van der Waals surface area contributed by atoms with E-state index >= 15 is 0 Å². The lowest BCUT2D eigenvalue weighted by Crippen LogP contribution is -2.17. The van der Waals surface area contributed by atoms with Crippen molar-refractivity contribution in [2.75, 3.05) is 32.7 Å². The molecular weight excluding hydrogens is 376 g/mol. The van der Waals surface area contributed by atoms with E-state index in [1.54, 1.807) is 31.3 Å². The first-order valence-corrected chi connectivity index (χ1v) is 9.70. The van der Waals surface area contributed by atoms with E-state index in [4.69, 9.17) is 9.47 Å². The Labute approximate surface area is 165 Å². The van der Waals surface area contributed by atoms with Gasteiger partial charge in [-0.3, -0.25) is 9.36 Å². The number of pyridine rings is 1. The van der Waals surface area contributed by atoms with Gasteiger partial charge in [0.2, 0.25) is 0 Å². The third kappa shape index (κ3) is 3.32. The number of benzene rings is 1. The maximum atomic E-state index is 13.1. The fraction of sp³-hybridized carbons (Fsp3) is 0.250. The van der Waals surface area contributed by atoms with Crippen LogP contribution in [0.2, 0.25) is 0 Å². The molecule has 0 atom stereocenters. The number of hydrogen-bond acceptors (Lipinski definition) is 7. The van der Waals surface area contributed by atoms with Crippen molar-refractivity contribution in [2.45, 2.75) is 6.42 Å². The highest BCUT2D eigenvalue weighted by atomic mass is 32.1. The first-order chi connectivity index (χ1) is 13.7. The van der Waals surface area contributed by atoms with E-state index in [0.717, 1.165) is 40.3 Å². The molecule has 0 aliphatic heterocycles. The average Bonchev–Trinajstić information content (AvgIpc) is 3.12. The summed E-state index contributed by atoms with van der Waals surface area (Å²) in [5.41, 5.74) is 2.24. The molecule has 1 N–H and O–H groups in total. The van der Waals surface area contributed by atoms with Gasteiger partial charge < -0.3 is 14.8 Å². The third-order valence-electron chi connectivity index (χ3n) is 4.47. The predicted octanol–water partition coefficient (Wildman–Crippen LogP) is 3.45. The van der Waals surface area contributed by atoms with Gasteiger partial charge in [-0.2, -0.15) is 0 Å². The molecule has 4 aromatic rings. The second kappa shape index (κ2) is 7.95. The molecule has 4 rings (SSSR count). The van der Waals surface area contributed by atoms with Crippen molar-refractivity contribution >= 4 is 37.5 Å². The zero-order valence-corrected chi connectivity index (χ0v) is 16.5. The van der Waals surface area contributed by atoms with Crippen LogP contribution in [-0.4, -0.2) is 41.9 Å². The minimum absolute atomic E-state index is 0.108. The molecule has 0 unspecified atom stereocenters. The smallest absolute Gasteiger partial charge is 0.275 e. The molecular formula is C20H20N4O3S. The molecule has 7 nitrogen and oxygen atoms in total. The van der Waals surface area contributed by atoms with Crippen LogP contribution in [0, 0.1) is 0 Å². The zero-order valence-electron chi connectivity index (χ0n) is 15.6.